The van der Waals surface area contributed by atoms with Crippen LogP contribution in [-0.4, -0.2) is 15.6 Å². The lowest BCUT2D eigenvalue weighted by atomic mass is 10.2. The number of halogens is 1. The van der Waals surface area contributed by atoms with Gasteiger partial charge in [0.2, 0.25) is 5.95 Å². The summed E-state index contributed by atoms with van der Waals surface area (Å²) >= 11 is 3.47. The molecule has 140 valence electrons. The summed E-state index contributed by atoms with van der Waals surface area (Å²) in [5.74, 6) is 0.412. The van der Waals surface area contributed by atoms with E-state index in [1.54, 1.807) is 0 Å². The second-order valence-corrected chi connectivity index (χ2v) is 7.34. The number of nitrogens with zero attached hydrogens (tertiary/aromatic N) is 2. The summed E-state index contributed by atoms with van der Waals surface area (Å²) in [7, 11) is 0. The van der Waals surface area contributed by atoms with Crippen LogP contribution in [0.3, 0.4) is 0 Å². The van der Waals surface area contributed by atoms with Crippen molar-refractivity contribution in [2.24, 2.45) is 0 Å². The molecule has 0 unspecified atom stereocenters. The fourth-order valence-electron chi connectivity index (χ4n) is 2.94. The monoisotopic (exact) mass is 435 g/mol. The standard InChI is InChI=1S/C22H18BrN3O2/c1-15-7-10-18(11-8-15)26-20-12-9-17(23)13-19(20)24-21(26)25-22(27)28-14-16-5-3-2-4-6-16/h2-13H,14H2,1H3,(H,24,25,27). The third kappa shape index (κ3) is 3.92. The molecular weight excluding hydrogens is 418 g/mol. The van der Waals surface area contributed by atoms with Crippen LogP contribution in [-0.2, 0) is 11.3 Å². The predicted molar refractivity (Wildman–Crippen MR) is 114 cm³/mol. The van der Waals surface area contributed by atoms with Crippen LogP contribution in [0.15, 0.2) is 77.3 Å². The Morgan fingerprint density at radius 3 is 2.57 bits per heavy atom. The number of imidazole rings is 1. The average molecular weight is 436 g/mol. The molecule has 1 aromatic heterocycles. The van der Waals surface area contributed by atoms with Gasteiger partial charge in [-0.15, -0.1) is 0 Å². The zero-order chi connectivity index (χ0) is 19.5. The van der Waals surface area contributed by atoms with Crippen molar-refractivity contribution >= 4 is 39.0 Å². The van der Waals surface area contributed by atoms with E-state index in [9.17, 15) is 4.79 Å². The van der Waals surface area contributed by atoms with E-state index in [0.29, 0.717) is 5.95 Å². The Bertz CT molecular complexity index is 1120. The van der Waals surface area contributed by atoms with Crippen molar-refractivity contribution < 1.29 is 9.53 Å². The van der Waals surface area contributed by atoms with Gasteiger partial charge in [-0.05, 0) is 42.8 Å². The molecule has 0 aliphatic rings. The number of carbonyl (C=O) groups is 1. The van der Waals surface area contributed by atoms with E-state index in [-0.39, 0.29) is 6.61 Å². The van der Waals surface area contributed by atoms with Crippen LogP contribution in [0.5, 0.6) is 0 Å². The molecule has 1 heterocycles. The normalized spacial score (nSPS) is 10.8. The van der Waals surface area contributed by atoms with Crippen LogP contribution in [0.1, 0.15) is 11.1 Å². The number of hydrogen-bond acceptors (Lipinski definition) is 3. The third-order valence-corrected chi connectivity index (χ3v) is 4.83. The molecule has 0 atom stereocenters. The highest BCUT2D eigenvalue weighted by atomic mass is 79.9. The number of benzene rings is 3. The van der Waals surface area contributed by atoms with E-state index < -0.39 is 6.09 Å². The summed E-state index contributed by atoms with van der Waals surface area (Å²) in [5.41, 5.74) is 4.66. The number of fused-ring (bicyclic) bond motifs is 1. The SMILES string of the molecule is Cc1ccc(-n2c(NC(=O)OCc3ccccc3)nc3cc(Br)ccc32)cc1. The molecule has 4 rings (SSSR count). The number of ether oxygens (including phenoxy) is 1. The van der Waals surface area contributed by atoms with Crippen LogP contribution in [0, 0.1) is 6.92 Å². The molecule has 5 nitrogen and oxygen atoms in total. The molecule has 0 aliphatic heterocycles. The fraction of sp³-hybridized carbons (Fsp3) is 0.0909. The Balaban J connectivity index is 1.64. The van der Waals surface area contributed by atoms with Gasteiger partial charge in [0.25, 0.3) is 0 Å². The molecule has 4 aromatic rings. The molecule has 0 spiro atoms. The summed E-state index contributed by atoms with van der Waals surface area (Å²) in [6.45, 7) is 2.23. The fourth-order valence-corrected chi connectivity index (χ4v) is 3.29. The molecule has 0 saturated heterocycles. The Morgan fingerprint density at radius 1 is 1.07 bits per heavy atom. The van der Waals surface area contributed by atoms with Crippen molar-refractivity contribution in [1.29, 1.82) is 0 Å². The van der Waals surface area contributed by atoms with E-state index in [1.807, 2.05) is 84.3 Å². The van der Waals surface area contributed by atoms with E-state index in [2.05, 4.69) is 26.2 Å². The molecular formula is C22H18BrN3O2. The number of rotatable bonds is 4. The van der Waals surface area contributed by atoms with E-state index in [1.165, 1.54) is 0 Å². The maximum Gasteiger partial charge on any atom is 0.414 e. The largest absolute Gasteiger partial charge is 0.444 e. The minimum Gasteiger partial charge on any atom is -0.444 e. The van der Waals surface area contributed by atoms with Gasteiger partial charge < -0.3 is 4.74 Å². The van der Waals surface area contributed by atoms with Crippen molar-refractivity contribution in [3.63, 3.8) is 0 Å². The van der Waals surface area contributed by atoms with Crippen LogP contribution < -0.4 is 5.32 Å². The molecule has 0 aliphatic carbocycles. The van der Waals surface area contributed by atoms with Crippen LogP contribution in [0.2, 0.25) is 0 Å². The Kier molecular flexibility index (Phi) is 5.12. The highest BCUT2D eigenvalue weighted by Gasteiger charge is 2.16. The van der Waals surface area contributed by atoms with Crippen molar-refractivity contribution in [2.45, 2.75) is 13.5 Å². The lowest BCUT2D eigenvalue weighted by Crippen LogP contribution is -2.16. The molecule has 0 saturated carbocycles. The number of hydrogen-bond donors (Lipinski definition) is 1. The minimum absolute atomic E-state index is 0.197. The van der Waals surface area contributed by atoms with Crippen molar-refractivity contribution in [3.05, 3.63) is 88.4 Å². The summed E-state index contributed by atoms with van der Waals surface area (Å²) in [6, 6.07) is 23.4. The molecule has 1 N–H and O–H groups in total. The van der Waals surface area contributed by atoms with Crippen LogP contribution >= 0.6 is 15.9 Å². The first kappa shape index (κ1) is 18.3. The average Bonchev–Trinajstić information content (AvgIpc) is 3.04. The summed E-state index contributed by atoms with van der Waals surface area (Å²) in [4.78, 5) is 17.0. The zero-order valence-electron chi connectivity index (χ0n) is 15.2. The Morgan fingerprint density at radius 2 is 1.82 bits per heavy atom. The summed E-state index contributed by atoms with van der Waals surface area (Å²) in [5, 5.41) is 2.78. The topological polar surface area (TPSA) is 56.2 Å². The van der Waals surface area contributed by atoms with Crippen molar-refractivity contribution in [3.8, 4) is 5.69 Å². The molecule has 3 aromatic carbocycles. The van der Waals surface area contributed by atoms with Crippen LogP contribution in [0.25, 0.3) is 16.7 Å². The first-order valence-corrected chi connectivity index (χ1v) is 9.62. The number of nitrogens with one attached hydrogen (secondary N) is 1. The van der Waals surface area contributed by atoms with Crippen molar-refractivity contribution in [1.82, 2.24) is 9.55 Å². The summed E-state index contributed by atoms with van der Waals surface area (Å²) < 4.78 is 8.18. The number of aromatic nitrogens is 2. The number of anilines is 1. The Labute approximate surface area is 171 Å². The van der Waals surface area contributed by atoms with E-state index in [4.69, 9.17) is 4.74 Å². The summed E-state index contributed by atoms with van der Waals surface area (Å²) in [6.07, 6.45) is -0.549. The lowest BCUT2D eigenvalue weighted by molar-refractivity contribution is 0.155. The van der Waals surface area contributed by atoms with Gasteiger partial charge in [0.1, 0.15) is 6.61 Å². The van der Waals surface area contributed by atoms with Gasteiger partial charge >= 0.3 is 6.09 Å². The second kappa shape index (κ2) is 7.86. The predicted octanol–water partition coefficient (Wildman–Crippen LogP) is 5.85. The van der Waals surface area contributed by atoms with Gasteiger partial charge in [0, 0.05) is 10.2 Å². The molecule has 0 radical (unpaired) electrons. The molecule has 28 heavy (non-hydrogen) atoms. The van der Waals surface area contributed by atoms with Crippen LogP contribution in [0.4, 0.5) is 10.7 Å². The van der Waals surface area contributed by atoms with E-state index in [0.717, 1.165) is 32.3 Å². The smallest absolute Gasteiger partial charge is 0.414 e. The highest BCUT2D eigenvalue weighted by Crippen LogP contribution is 2.27. The number of amides is 1. The number of aryl methyl sites for hydroxylation is 1. The highest BCUT2D eigenvalue weighted by molar-refractivity contribution is 9.10. The minimum atomic E-state index is -0.549. The zero-order valence-corrected chi connectivity index (χ0v) is 16.8. The first-order chi connectivity index (χ1) is 13.6. The van der Waals surface area contributed by atoms with Gasteiger partial charge in [-0.1, -0.05) is 64.0 Å². The Hall–Kier alpha value is -3.12. The van der Waals surface area contributed by atoms with Gasteiger partial charge in [-0.2, -0.15) is 0 Å². The first-order valence-electron chi connectivity index (χ1n) is 8.83. The molecule has 0 bridgehead atoms. The quantitative estimate of drug-likeness (QED) is 0.437. The molecule has 6 heteroatoms. The second-order valence-electron chi connectivity index (χ2n) is 6.43. The number of carbonyl (C=O) groups excluding carboxylic acids is 1. The van der Waals surface area contributed by atoms with Gasteiger partial charge in [0.05, 0.1) is 11.0 Å². The van der Waals surface area contributed by atoms with E-state index >= 15 is 0 Å². The van der Waals surface area contributed by atoms with Crippen molar-refractivity contribution in [2.75, 3.05) is 5.32 Å². The van der Waals surface area contributed by atoms with Gasteiger partial charge in [0.15, 0.2) is 0 Å². The lowest BCUT2D eigenvalue weighted by Gasteiger charge is -2.11. The maximum absolute atomic E-state index is 12.4. The van der Waals surface area contributed by atoms with Gasteiger partial charge in [-0.3, -0.25) is 9.88 Å². The van der Waals surface area contributed by atoms with Gasteiger partial charge in [-0.25, -0.2) is 9.78 Å². The molecule has 1 amide bonds. The third-order valence-electron chi connectivity index (χ3n) is 4.34. The molecule has 0 fully saturated rings. The maximum atomic E-state index is 12.4.